The first kappa shape index (κ1) is 8.67. The quantitative estimate of drug-likeness (QED) is 0.591. The van der Waals surface area contributed by atoms with Crippen LogP contribution in [0.25, 0.3) is 0 Å². The summed E-state index contributed by atoms with van der Waals surface area (Å²) in [7, 11) is 0. The Morgan fingerprint density at radius 2 is 2.22 bits per heavy atom. The average Bonchev–Trinajstić information content (AvgIpc) is 1.67. The summed E-state index contributed by atoms with van der Waals surface area (Å²) in [5.41, 5.74) is -0.667. The fourth-order valence-corrected chi connectivity index (χ4v) is 0.630. The monoisotopic (exact) mass is 150 g/mol. The van der Waals surface area contributed by atoms with Gasteiger partial charge in [-0.15, -0.1) is 12.4 Å². The summed E-state index contributed by atoms with van der Waals surface area (Å²) in [5.74, 6) is 0. The normalized spacial score (nSPS) is 20.9. The van der Waals surface area contributed by atoms with Gasteiger partial charge < -0.3 is 5.32 Å². The van der Waals surface area contributed by atoms with Crippen molar-refractivity contribution in [1.82, 2.24) is 5.32 Å². The Bertz CT molecular complexity index is 122. The second-order valence-corrected chi connectivity index (χ2v) is 2.13. The molecule has 0 spiro atoms. The van der Waals surface area contributed by atoms with Crippen molar-refractivity contribution in [3.63, 3.8) is 0 Å². The lowest BCUT2D eigenvalue weighted by molar-refractivity contribution is 0.188. The molecule has 2 nitrogen and oxygen atoms in total. The number of hydrogen-bond donors (Lipinski definition) is 1. The highest BCUT2D eigenvalue weighted by Gasteiger charge is 2.36. The van der Waals surface area contributed by atoms with Crippen molar-refractivity contribution in [2.75, 3.05) is 19.8 Å². The van der Waals surface area contributed by atoms with E-state index in [4.69, 9.17) is 5.26 Å². The van der Waals surface area contributed by atoms with Crippen molar-refractivity contribution < 1.29 is 4.39 Å². The van der Waals surface area contributed by atoms with Gasteiger partial charge in [-0.25, -0.2) is 4.39 Å². The van der Waals surface area contributed by atoms with Crippen molar-refractivity contribution in [1.29, 1.82) is 5.26 Å². The zero-order valence-corrected chi connectivity index (χ0v) is 5.67. The van der Waals surface area contributed by atoms with Gasteiger partial charge in [0.05, 0.1) is 6.07 Å². The molecule has 1 heterocycles. The number of nitriles is 1. The largest absolute Gasteiger partial charge is 0.313 e. The molecule has 9 heavy (non-hydrogen) atoms. The molecule has 0 unspecified atom stereocenters. The summed E-state index contributed by atoms with van der Waals surface area (Å²) in [6.45, 7) is 0.510. The molecular formula is C5H8ClFN2. The highest BCUT2D eigenvalue weighted by molar-refractivity contribution is 5.85. The van der Waals surface area contributed by atoms with Gasteiger partial charge in [-0.05, 0) is 0 Å². The first-order valence-corrected chi connectivity index (χ1v) is 2.51. The molecule has 1 rings (SSSR count). The molecule has 0 aliphatic carbocycles. The van der Waals surface area contributed by atoms with Crippen LogP contribution >= 0.6 is 12.4 Å². The first-order valence-electron chi connectivity index (χ1n) is 2.51. The van der Waals surface area contributed by atoms with Gasteiger partial charge in [0, 0.05) is 13.1 Å². The Morgan fingerprint density at radius 3 is 2.22 bits per heavy atom. The van der Waals surface area contributed by atoms with Crippen LogP contribution in [0.5, 0.6) is 0 Å². The summed E-state index contributed by atoms with van der Waals surface area (Å²) in [6.07, 6.45) is 0. The van der Waals surface area contributed by atoms with Gasteiger partial charge in [0.1, 0.15) is 12.1 Å². The fourth-order valence-electron chi connectivity index (χ4n) is 0.630. The van der Waals surface area contributed by atoms with Crippen LogP contribution in [0.2, 0.25) is 0 Å². The number of nitrogens with zero attached hydrogens (tertiary/aromatic N) is 1. The number of halogens is 2. The third kappa shape index (κ3) is 1.32. The van der Waals surface area contributed by atoms with E-state index in [0.717, 1.165) is 0 Å². The third-order valence-electron chi connectivity index (χ3n) is 1.42. The van der Waals surface area contributed by atoms with Crippen molar-refractivity contribution in [2.45, 2.75) is 0 Å². The molecule has 0 bridgehead atoms. The predicted octanol–water partition coefficient (Wildman–Crippen LogP) is 0.491. The molecule has 0 aromatic carbocycles. The number of hydrogen-bond acceptors (Lipinski definition) is 2. The standard InChI is InChI=1S/C5H7FN2.ClH/c6-1-5(2-7)3-8-4-5;/h8H,1,3-4H2;1H. The van der Waals surface area contributed by atoms with Gasteiger partial charge >= 0.3 is 0 Å². The minimum atomic E-state index is -0.667. The summed E-state index contributed by atoms with van der Waals surface area (Å²) in [5, 5.41) is 11.1. The lowest BCUT2D eigenvalue weighted by Gasteiger charge is -2.33. The molecule has 1 N–H and O–H groups in total. The molecule has 1 saturated heterocycles. The van der Waals surface area contributed by atoms with Crippen LogP contribution in [0, 0.1) is 16.7 Å². The van der Waals surface area contributed by atoms with Crippen LogP contribution < -0.4 is 5.32 Å². The van der Waals surface area contributed by atoms with E-state index in [9.17, 15) is 4.39 Å². The number of rotatable bonds is 1. The van der Waals surface area contributed by atoms with Crippen molar-refractivity contribution in [2.24, 2.45) is 5.41 Å². The first-order chi connectivity index (χ1) is 3.83. The third-order valence-corrected chi connectivity index (χ3v) is 1.42. The van der Waals surface area contributed by atoms with Crippen molar-refractivity contribution >= 4 is 12.4 Å². The lowest BCUT2D eigenvalue weighted by Crippen LogP contribution is -2.53. The van der Waals surface area contributed by atoms with Gasteiger partial charge in [-0.3, -0.25) is 0 Å². The molecule has 0 radical (unpaired) electrons. The van der Waals surface area contributed by atoms with E-state index in [-0.39, 0.29) is 12.4 Å². The van der Waals surface area contributed by atoms with Gasteiger partial charge in [0.15, 0.2) is 0 Å². The number of alkyl halides is 1. The van der Waals surface area contributed by atoms with Gasteiger partial charge in [0.25, 0.3) is 0 Å². The minimum Gasteiger partial charge on any atom is -0.313 e. The molecule has 52 valence electrons. The maximum Gasteiger partial charge on any atom is 0.111 e. The molecule has 0 amide bonds. The van der Waals surface area contributed by atoms with Crippen molar-refractivity contribution in [3.8, 4) is 6.07 Å². The molecule has 0 aromatic heterocycles. The second kappa shape index (κ2) is 3.00. The molecule has 4 heteroatoms. The maximum absolute atomic E-state index is 11.8. The van der Waals surface area contributed by atoms with Crippen LogP contribution in [0.1, 0.15) is 0 Å². The minimum absolute atomic E-state index is 0. The Kier molecular flexibility index (Phi) is 2.89. The Hall–Kier alpha value is -0.330. The summed E-state index contributed by atoms with van der Waals surface area (Å²) >= 11 is 0. The highest BCUT2D eigenvalue weighted by atomic mass is 35.5. The van der Waals surface area contributed by atoms with E-state index < -0.39 is 12.1 Å². The highest BCUT2D eigenvalue weighted by Crippen LogP contribution is 2.20. The van der Waals surface area contributed by atoms with Crippen LogP contribution in [0.15, 0.2) is 0 Å². The maximum atomic E-state index is 11.8. The van der Waals surface area contributed by atoms with Crippen LogP contribution in [0.3, 0.4) is 0 Å². The van der Waals surface area contributed by atoms with E-state index in [1.807, 2.05) is 6.07 Å². The topological polar surface area (TPSA) is 35.8 Å². The van der Waals surface area contributed by atoms with E-state index >= 15 is 0 Å². The molecule has 1 aliphatic heterocycles. The average molecular weight is 151 g/mol. The van der Waals surface area contributed by atoms with Gasteiger partial charge in [-0.2, -0.15) is 5.26 Å². The van der Waals surface area contributed by atoms with Crippen LogP contribution in [-0.2, 0) is 0 Å². The Morgan fingerprint density at radius 1 is 1.67 bits per heavy atom. The smallest absolute Gasteiger partial charge is 0.111 e. The zero-order valence-electron chi connectivity index (χ0n) is 4.85. The Balaban J connectivity index is 0.000000640. The summed E-state index contributed by atoms with van der Waals surface area (Å²) in [4.78, 5) is 0. The van der Waals surface area contributed by atoms with Crippen LogP contribution in [-0.4, -0.2) is 19.8 Å². The lowest BCUT2D eigenvalue weighted by atomic mass is 9.85. The molecule has 0 atom stereocenters. The Labute approximate surface area is 59.5 Å². The van der Waals surface area contributed by atoms with Crippen LogP contribution in [0.4, 0.5) is 4.39 Å². The number of nitrogens with one attached hydrogen (secondary N) is 1. The fraction of sp³-hybridized carbons (Fsp3) is 0.800. The molecular weight excluding hydrogens is 143 g/mol. The predicted molar refractivity (Wildman–Crippen MR) is 34.1 cm³/mol. The summed E-state index contributed by atoms with van der Waals surface area (Å²) < 4.78 is 11.8. The van der Waals surface area contributed by atoms with Gasteiger partial charge in [0.2, 0.25) is 0 Å². The van der Waals surface area contributed by atoms with E-state index in [1.165, 1.54) is 0 Å². The molecule has 1 aliphatic rings. The summed E-state index contributed by atoms with van der Waals surface area (Å²) in [6, 6.07) is 1.93. The zero-order chi connectivity index (χ0) is 6.04. The van der Waals surface area contributed by atoms with E-state index in [2.05, 4.69) is 5.32 Å². The van der Waals surface area contributed by atoms with Gasteiger partial charge in [-0.1, -0.05) is 0 Å². The van der Waals surface area contributed by atoms with Crippen molar-refractivity contribution in [3.05, 3.63) is 0 Å². The van der Waals surface area contributed by atoms with E-state index in [1.54, 1.807) is 0 Å². The van der Waals surface area contributed by atoms with E-state index in [0.29, 0.717) is 13.1 Å². The SMILES string of the molecule is Cl.N#CC1(CF)CNC1. The second-order valence-electron chi connectivity index (χ2n) is 2.13. The molecule has 0 saturated carbocycles. The molecule has 1 fully saturated rings. The molecule has 0 aromatic rings.